The first kappa shape index (κ1) is 27.4. The van der Waals surface area contributed by atoms with E-state index in [9.17, 15) is 32.3 Å². The molecule has 3 atom stereocenters. The van der Waals surface area contributed by atoms with Gasteiger partial charge in [-0.3, -0.25) is 23.9 Å². The minimum absolute atomic E-state index is 0.115. The smallest absolute Gasteiger partial charge is 0.356 e. The summed E-state index contributed by atoms with van der Waals surface area (Å²) in [5.41, 5.74) is -0.805. The second-order valence-corrected chi connectivity index (χ2v) is 11.4. The van der Waals surface area contributed by atoms with Crippen molar-refractivity contribution in [1.29, 1.82) is 0 Å². The molecule has 2 heterocycles. The molecule has 2 aliphatic heterocycles. The molecule has 11 heteroatoms. The number of hydrogen-bond donors (Lipinski definition) is 2. The third kappa shape index (κ3) is 6.95. The molecule has 3 aliphatic rings. The summed E-state index contributed by atoms with van der Waals surface area (Å²) in [7, 11) is 0. The third-order valence-electron chi connectivity index (χ3n) is 7.29. The van der Waals surface area contributed by atoms with Gasteiger partial charge in [-0.05, 0) is 49.9 Å². The number of rotatable bonds is 10. The van der Waals surface area contributed by atoms with Crippen LogP contribution in [0.2, 0.25) is 0 Å². The summed E-state index contributed by atoms with van der Waals surface area (Å²) in [4.78, 5) is 53.1. The number of likely N-dealkylation sites (tertiary alicyclic amines) is 1. The molecule has 3 amide bonds. The predicted molar refractivity (Wildman–Crippen MR) is 120 cm³/mol. The van der Waals surface area contributed by atoms with Crippen molar-refractivity contribution in [2.75, 3.05) is 19.7 Å². The summed E-state index contributed by atoms with van der Waals surface area (Å²) in [5, 5.41) is 5.20. The SMILES string of the molecule is CC(C)CC(C)(C)C(=O)N1CC2(CC2)C[C@H]1C(=O)NC(C[C@@H]1CCNC1=O)C(=O)COC(F)(F)F. The molecule has 1 saturated carbocycles. The zero-order valence-electron chi connectivity index (χ0n) is 20.8. The van der Waals surface area contributed by atoms with Crippen molar-refractivity contribution < 1.29 is 37.1 Å². The molecule has 35 heavy (non-hydrogen) atoms. The van der Waals surface area contributed by atoms with Crippen molar-refractivity contribution in [2.45, 2.75) is 84.7 Å². The van der Waals surface area contributed by atoms with Crippen molar-refractivity contribution in [3.63, 3.8) is 0 Å². The van der Waals surface area contributed by atoms with Crippen LogP contribution >= 0.6 is 0 Å². The standard InChI is InChI=1S/C24H36F3N3O5/c1-14(2)10-22(3,4)21(34)30-13-23(6-7-23)11-17(30)20(33)29-16(9-15-5-8-28-19(15)32)18(31)12-35-24(25,26)27/h14-17H,5-13H2,1-4H3,(H,28,32)(H,29,33)/t15-,16?,17-/m0/s1. The fourth-order valence-electron chi connectivity index (χ4n) is 5.49. The Morgan fingerprint density at radius 1 is 1.23 bits per heavy atom. The van der Waals surface area contributed by atoms with E-state index in [-0.39, 0.29) is 29.6 Å². The van der Waals surface area contributed by atoms with Gasteiger partial charge in [-0.15, -0.1) is 13.2 Å². The lowest BCUT2D eigenvalue weighted by Crippen LogP contribution is -2.54. The first-order valence-electron chi connectivity index (χ1n) is 12.2. The highest BCUT2D eigenvalue weighted by atomic mass is 19.4. The molecule has 198 valence electrons. The van der Waals surface area contributed by atoms with E-state index in [1.807, 2.05) is 27.7 Å². The second kappa shape index (κ2) is 10.1. The van der Waals surface area contributed by atoms with Crippen molar-refractivity contribution >= 4 is 23.5 Å². The van der Waals surface area contributed by atoms with Crippen LogP contribution in [0.3, 0.4) is 0 Å². The van der Waals surface area contributed by atoms with E-state index >= 15 is 0 Å². The normalized spacial score (nSPS) is 24.6. The average molecular weight is 504 g/mol. The van der Waals surface area contributed by atoms with Crippen LogP contribution in [0.25, 0.3) is 0 Å². The summed E-state index contributed by atoms with van der Waals surface area (Å²) in [6, 6.07) is -2.14. The number of ketones is 1. The Bertz CT molecular complexity index is 854. The van der Waals surface area contributed by atoms with E-state index in [4.69, 9.17) is 0 Å². The number of carbonyl (C=O) groups is 4. The zero-order chi connectivity index (χ0) is 26.2. The summed E-state index contributed by atoms with van der Waals surface area (Å²) in [6.07, 6.45) is -1.82. The molecule has 8 nitrogen and oxygen atoms in total. The van der Waals surface area contributed by atoms with Crippen LogP contribution < -0.4 is 10.6 Å². The Morgan fingerprint density at radius 3 is 2.40 bits per heavy atom. The molecule has 2 N–H and O–H groups in total. The van der Waals surface area contributed by atoms with E-state index < -0.39 is 48.1 Å². The Labute approximate surface area is 203 Å². The number of nitrogens with one attached hydrogen (secondary N) is 2. The van der Waals surface area contributed by atoms with Crippen molar-refractivity contribution in [2.24, 2.45) is 22.7 Å². The Hall–Kier alpha value is -2.17. The Kier molecular flexibility index (Phi) is 7.88. The van der Waals surface area contributed by atoms with Gasteiger partial charge in [-0.25, -0.2) is 0 Å². The van der Waals surface area contributed by atoms with Crippen LogP contribution in [0, 0.1) is 22.7 Å². The van der Waals surface area contributed by atoms with Crippen LogP contribution in [-0.2, 0) is 23.9 Å². The molecule has 2 saturated heterocycles. The van der Waals surface area contributed by atoms with Gasteiger partial charge in [-0.2, -0.15) is 0 Å². The van der Waals surface area contributed by atoms with Gasteiger partial charge in [0.2, 0.25) is 17.7 Å². The van der Waals surface area contributed by atoms with Gasteiger partial charge in [-0.1, -0.05) is 27.7 Å². The zero-order valence-corrected chi connectivity index (χ0v) is 20.8. The first-order chi connectivity index (χ1) is 16.1. The van der Waals surface area contributed by atoms with E-state index in [2.05, 4.69) is 15.4 Å². The average Bonchev–Trinajstić information content (AvgIpc) is 3.19. The van der Waals surface area contributed by atoms with Gasteiger partial charge >= 0.3 is 6.36 Å². The number of Topliss-reactive ketones (excluding diaryl/α,β-unsaturated/α-hetero) is 1. The van der Waals surface area contributed by atoms with Gasteiger partial charge < -0.3 is 15.5 Å². The van der Waals surface area contributed by atoms with Crippen molar-refractivity contribution in [3.05, 3.63) is 0 Å². The monoisotopic (exact) mass is 503 g/mol. The number of alkyl halides is 3. The summed E-state index contributed by atoms with van der Waals surface area (Å²) in [5.74, 6) is -2.32. The molecule has 3 fully saturated rings. The number of hydrogen-bond acceptors (Lipinski definition) is 5. The summed E-state index contributed by atoms with van der Waals surface area (Å²) >= 11 is 0. The highest BCUT2D eigenvalue weighted by Crippen LogP contribution is 2.55. The number of nitrogens with zero attached hydrogens (tertiary/aromatic N) is 1. The molecule has 3 rings (SSSR count). The maximum Gasteiger partial charge on any atom is 0.522 e. The minimum atomic E-state index is -5.00. The van der Waals surface area contributed by atoms with E-state index in [1.54, 1.807) is 4.90 Å². The topological polar surface area (TPSA) is 105 Å². The molecule has 1 unspecified atom stereocenters. The van der Waals surface area contributed by atoms with E-state index in [0.717, 1.165) is 12.8 Å². The maximum absolute atomic E-state index is 13.5. The van der Waals surface area contributed by atoms with Crippen LogP contribution in [0.1, 0.15) is 66.2 Å². The van der Waals surface area contributed by atoms with Crippen LogP contribution in [0.4, 0.5) is 13.2 Å². The third-order valence-corrected chi connectivity index (χ3v) is 7.29. The van der Waals surface area contributed by atoms with Gasteiger partial charge in [0.25, 0.3) is 0 Å². The fraction of sp³-hybridized carbons (Fsp3) is 0.833. The highest BCUT2D eigenvalue weighted by Gasteiger charge is 2.56. The van der Waals surface area contributed by atoms with Crippen molar-refractivity contribution in [1.82, 2.24) is 15.5 Å². The summed E-state index contributed by atoms with van der Waals surface area (Å²) < 4.78 is 41.2. The molecule has 1 spiro atoms. The minimum Gasteiger partial charge on any atom is -0.356 e. The van der Waals surface area contributed by atoms with E-state index in [0.29, 0.717) is 32.4 Å². The lowest BCUT2D eigenvalue weighted by atomic mass is 9.82. The summed E-state index contributed by atoms with van der Waals surface area (Å²) in [6.45, 7) is 7.32. The molecule has 0 aromatic heterocycles. The Morgan fingerprint density at radius 2 is 1.89 bits per heavy atom. The van der Waals surface area contributed by atoms with Gasteiger partial charge in [0.15, 0.2) is 5.78 Å². The van der Waals surface area contributed by atoms with Crippen LogP contribution in [0.5, 0.6) is 0 Å². The van der Waals surface area contributed by atoms with E-state index in [1.165, 1.54) is 0 Å². The van der Waals surface area contributed by atoms with Crippen LogP contribution in [-0.4, -0.2) is 66.5 Å². The molecule has 0 bridgehead atoms. The van der Waals surface area contributed by atoms with Gasteiger partial charge in [0, 0.05) is 24.4 Å². The quantitative estimate of drug-likeness (QED) is 0.477. The molecular formula is C24H36F3N3O5. The molecule has 0 radical (unpaired) electrons. The lowest BCUT2D eigenvalue weighted by molar-refractivity contribution is -0.321. The number of amides is 3. The lowest BCUT2D eigenvalue weighted by Gasteiger charge is -2.34. The Balaban J connectivity index is 1.76. The largest absolute Gasteiger partial charge is 0.522 e. The molecule has 0 aromatic rings. The predicted octanol–water partition coefficient (Wildman–Crippen LogP) is 2.56. The van der Waals surface area contributed by atoms with Gasteiger partial charge in [0.1, 0.15) is 12.6 Å². The van der Waals surface area contributed by atoms with Crippen molar-refractivity contribution in [3.8, 4) is 0 Å². The molecular weight excluding hydrogens is 467 g/mol. The number of carbonyl (C=O) groups excluding carboxylic acids is 4. The van der Waals surface area contributed by atoms with Gasteiger partial charge in [0.05, 0.1) is 6.04 Å². The maximum atomic E-state index is 13.5. The number of halogens is 3. The fourth-order valence-corrected chi connectivity index (χ4v) is 5.49. The highest BCUT2D eigenvalue weighted by molar-refractivity contribution is 5.95. The first-order valence-corrected chi connectivity index (χ1v) is 12.2. The molecule has 0 aromatic carbocycles. The van der Waals surface area contributed by atoms with Crippen LogP contribution in [0.15, 0.2) is 0 Å². The second-order valence-electron chi connectivity index (χ2n) is 11.4. The molecule has 1 aliphatic carbocycles. The number of ether oxygens (including phenoxy) is 1.